The fourth-order valence-electron chi connectivity index (χ4n) is 4.63. The highest BCUT2D eigenvalue weighted by Gasteiger charge is 2.45. The number of anilines is 1. The van der Waals surface area contributed by atoms with Gasteiger partial charge in [-0.15, -0.1) is 0 Å². The molecule has 1 atom stereocenters. The molecular formula is C23H26N2O4S. The molecule has 7 heteroatoms. The summed E-state index contributed by atoms with van der Waals surface area (Å²) in [6, 6.07) is 12.0. The van der Waals surface area contributed by atoms with Gasteiger partial charge in [0.15, 0.2) is 11.5 Å². The van der Waals surface area contributed by atoms with Gasteiger partial charge in [-0.05, 0) is 48.1 Å². The molecule has 3 aromatic rings. The molecular weight excluding hydrogens is 400 g/mol. The Morgan fingerprint density at radius 1 is 1.10 bits per heavy atom. The molecule has 1 aliphatic carbocycles. The first-order valence-electron chi connectivity index (χ1n) is 10.3. The first-order chi connectivity index (χ1) is 14.4. The zero-order valence-electron chi connectivity index (χ0n) is 17.2. The van der Waals surface area contributed by atoms with Crippen molar-refractivity contribution in [2.24, 2.45) is 5.92 Å². The van der Waals surface area contributed by atoms with E-state index in [0.29, 0.717) is 24.8 Å². The van der Waals surface area contributed by atoms with Gasteiger partial charge >= 0.3 is 0 Å². The number of hydrogen-bond donors (Lipinski definition) is 2. The van der Waals surface area contributed by atoms with E-state index in [1.54, 1.807) is 6.07 Å². The van der Waals surface area contributed by atoms with Crippen molar-refractivity contribution >= 4 is 26.6 Å². The van der Waals surface area contributed by atoms with Crippen LogP contribution in [-0.4, -0.2) is 32.9 Å². The van der Waals surface area contributed by atoms with Crippen LogP contribution in [-0.2, 0) is 15.4 Å². The first-order valence-corrected chi connectivity index (χ1v) is 12.2. The minimum Gasteiger partial charge on any atom is -0.490 e. The molecule has 0 bridgehead atoms. The van der Waals surface area contributed by atoms with E-state index < -0.39 is 10.0 Å². The molecule has 1 aromatic heterocycles. The average molecular weight is 427 g/mol. The normalized spacial score (nSPS) is 18.6. The van der Waals surface area contributed by atoms with Crippen LogP contribution in [0.25, 0.3) is 10.9 Å². The molecule has 30 heavy (non-hydrogen) atoms. The fraction of sp³-hybridized carbons (Fsp3) is 0.391. The standard InChI is InChI=1S/C23H26N2O4S/c1-23(15-7-8-15,16-9-10-20-21(13-16)29-12-4-11-28-20)18-14-24-22-17(18)5-3-6-19(22)25-30(2,26)27/h3,5-6,9-10,13-15,24-25H,4,7-8,11-12H2,1-2H3. The number of H-pyrrole nitrogens is 1. The Morgan fingerprint density at radius 3 is 2.60 bits per heavy atom. The van der Waals surface area contributed by atoms with Gasteiger partial charge in [-0.3, -0.25) is 4.72 Å². The summed E-state index contributed by atoms with van der Waals surface area (Å²) in [6.45, 7) is 3.61. The van der Waals surface area contributed by atoms with E-state index in [1.807, 2.05) is 18.3 Å². The van der Waals surface area contributed by atoms with Gasteiger partial charge in [0.2, 0.25) is 10.0 Å². The third-order valence-corrected chi connectivity index (χ3v) is 6.90. The van der Waals surface area contributed by atoms with Gasteiger partial charge in [0.1, 0.15) is 0 Å². The smallest absolute Gasteiger partial charge is 0.229 e. The van der Waals surface area contributed by atoms with Crippen molar-refractivity contribution in [3.05, 3.63) is 53.7 Å². The summed E-state index contributed by atoms with van der Waals surface area (Å²) in [7, 11) is -3.37. The zero-order valence-corrected chi connectivity index (χ0v) is 18.0. The van der Waals surface area contributed by atoms with Crippen molar-refractivity contribution in [3.8, 4) is 11.5 Å². The number of nitrogens with one attached hydrogen (secondary N) is 2. The zero-order chi connectivity index (χ0) is 20.9. The van der Waals surface area contributed by atoms with Crippen molar-refractivity contribution in [2.45, 2.75) is 31.6 Å². The lowest BCUT2D eigenvalue weighted by Gasteiger charge is -2.31. The summed E-state index contributed by atoms with van der Waals surface area (Å²) in [5, 5.41) is 1.03. The van der Waals surface area contributed by atoms with E-state index in [9.17, 15) is 8.42 Å². The minimum absolute atomic E-state index is 0.216. The monoisotopic (exact) mass is 426 g/mol. The number of benzene rings is 2. The first kappa shape index (κ1) is 19.3. The SMILES string of the molecule is CC(c1ccc2c(c1)OCCCO2)(c1c[nH]c2c(NS(C)(=O)=O)cccc12)C1CC1. The van der Waals surface area contributed by atoms with Crippen LogP contribution in [0.1, 0.15) is 37.3 Å². The van der Waals surface area contributed by atoms with Gasteiger partial charge in [0.25, 0.3) is 0 Å². The molecule has 0 radical (unpaired) electrons. The van der Waals surface area contributed by atoms with Crippen molar-refractivity contribution in [1.29, 1.82) is 0 Å². The molecule has 1 unspecified atom stereocenters. The number of ether oxygens (including phenoxy) is 2. The molecule has 1 saturated carbocycles. The summed E-state index contributed by atoms with van der Waals surface area (Å²) in [4.78, 5) is 3.33. The molecule has 2 aliphatic rings. The van der Waals surface area contributed by atoms with Gasteiger partial charge in [-0.25, -0.2) is 8.42 Å². The second-order valence-corrected chi connectivity index (χ2v) is 10.2. The molecule has 158 valence electrons. The van der Waals surface area contributed by atoms with Gasteiger partial charge in [0.05, 0.1) is 30.7 Å². The van der Waals surface area contributed by atoms with E-state index in [4.69, 9.17) is 9.47 Å². The van der Waals surface area contributed by atoms with Crippen LogP contribution in [0, 0.1) is 5.92 Å². The van der Waals surface area contributed by atoms with E-state index in [1.165, 1.54) is 30.2 Å². The summed E-state index contributed by atoms with van der Waals surface area (Å²) >= 11 is 0. The Bertz CT molecular complexity index is 1210. The molecule has 0 spiro atoms. The van der Waals surface area contributed by atoms with Crippen molar-refractivity contribution in [1.82, 2.24) is 4.98 Å². The quantitative estimate of drug-likeness (QED) is 0.633. The van der Waals surface area contributed by atoms with Crippen LogP contribution >= 0.6 is 0 Å². The van der Waals surface area contributed by atoms with Crippen LogP contribution in [0.5, 0.6) is 11.5 Å². The van der Waals surface area contributed by atoms with E-state index in [2.05, 4.69) is 34.8 Å². The molecule has 5 rings (SSSR count). The fourth-order valence-corrected chi connectivity index (χ4v) is 5.20. The van der Waals surface area contributed by atoms with Gasteiger partial charge in [0, 0.05) is 23.4 Å². The third-order valence-electron chi connectivity index (χ3n) is 6.31. The lowest BCUT2D eigenvalue weighted by atomic mass is 9.72. The summed E-state index contributed by atoms with van der Waals surface area (Å²) in [6.07, 6.45) is 6.40. The van der Waals surface area contributed by atoms with Crippen molar-refractivity contribution in [2.75, 3.05) is 24.2 Å². The van der Waals surface area contributed by atoms with E-state index >= 15 is 0 Å². The Kier molecular flexibility index (Phi) is 4.47. The van der Waals surface area contributed by atoms with Gasteiger partial charge in [-0.2, -0.15) is 0 Å². The maximum atomic E-state index is 11.8. The lowest BCUT2D eigenvalue weighted by Crippen LogP contribution is -2.26. The summed E-state index contributed by atoms with van der Waals surface area (Å²) < 4.78 is 38.0. The molecule has 0 saturated heterocycles. The highest BCUT2D eigenvalue weighted by molar-refractivity contribution is 7.92. The molecule has 6 nitrogen and oxygen atoms in total. The molecule has 2 heterocycles. The average Bonchev–Trinajstić information content (AvgIpc) is 3.49. The summed E-state index contributed by atoms with van der Waals surface area (Å²) in [5.41, 5.74) is 3.52. The van der Waals surface area contributed by atoms with Crippen LogP contribution in [0.15, 0.2) is 42.6 Å². The van der Waals surface area contributed by atoms with E-state index in [0.717, 1.165) is 28.8 Å². The molecule has 1 aliphatic heterocycles. The topological polar surface area (TPSA) is 80.4 Å². The Morgan fingerprint density at radius 2 is 1.87 bits per heavy atom. The Labute approximate surface area is 176 Å². The number of hydrogen-bond acceptors (Lipinski definition) is 4. The third kappa shape index (κ3) is 3.31. The highest BCUT2D eigenvalue weighted by atomic mass is 32.2. The van der Waals surface area contributed by atoms with Crippen LogP contribution in [0.4, 0.5) is 5.69 Å². The molecule has 2 aromatic carbocycles. The number of fused-ring (bicyclic) bond motifs is 2. The maximum absolute atomic E-state index is 11.8. The minimum atomic E-state index is -3.37. The van der Waals surface area contributed by atoms with Crippen molar-refractivity contribution in [3.63, 3.8) is 0 Å². The van der Waals surface area contributed by atoms with Gasteiger partial charge in [-0.1, -0.05) is 25.1 Å². The second-order valence-electron chi connectivity index (χ2n) is 8.49. The van der Waals surface area contributed by atoms with Gasteiger partial charge < -0.3 is 14.5 Å². The maximum Gasteiger partial charge on any atom is 0.229 e. The highest BCUT2D eigenvalue weighted by Crippen LogP contribution is 2.54. The largest absolute Gasteiger partial charge is 0.490 e. The number of para-hydroxylation sites is 1. The van der Waals surface area contributed by atoms with Crippen LogP contribution in [0.2, 0.25) is 0 Å². The predicted octanol–water partition coefficient (Wildman–Crippen LogP) is 4.42. The number of sulfonamides is 1. The predicted molar refractivity (Wildman–Crippen MR) is 118 cm³/mol. The lowest BCUT2D eigenvalue weighted by molar-refractivity contribution is 0.296. The molecule has 0 amide bonds. The summed E-state index contributed by atoms with van der Waals surface area (Å²) in [5.74, 6) is 2.12. The number of aromatic nitrogens is 1. The number of rotatable bonds is 5. The number of aromatic amines is 1. The Balaban J connectivity index is 1.64. The van der Waals surface area contributed by atoms with Crippen LogP contribution in [0.3, 0.4) is 0 Å². The Hall–Kier alpha value is -2.67. The van der Waals surface area contributed by atoms with Crippen molar-refractivity contribution < 1.29 is 17.9 Å². The van der Waals surface area contributed by atoms with E-state index in [-0.39, 0.29) is 5.41 Å². The van der Waals surface area contributed by atoms with Crippen LogP contribution < -0.4 is 14.2 Å². The molecule has 1 fully saturated rings. The molecule has 2 N–H and O–H groups in total. The second kappa shape index (κ2) is 6.94.